The summed E-state index contributed by atoms with van der Waals surface area (Å²) in [5, 5.41) is 51.4. The first-order valence-electron chi connectivity index (χ1n) is 17.8. The molecule has 0 aromatic heterocycles. The highest BCUT2D eigenvalue weighted by atomic mass is 16.8. The Labute approximate surface area is 284 Å². The SMILES string of the molecule is CCCCCCCCCCCCCCCCCC(=O)O[C@H]1[C@@H](O[C@H]2O[C@H](CO)[C@@H](O)[C@H](O)[C@H]2O)O[C@H](COC(C)=O)[C@@H](O)[C@@H]1OC(C)=O. The molecule has 0 bridgehead atoms. The molecule has 0 aromatic rings. The number of carbonyl (C=O) groups excluding carboxylic acids is 3. The van der Waals surface area contributed by atoms with Crippen molar-refractivity contribution in [3.05, 3.63) is 0 Å². The Morgan fingerprint density at radius 1 is 0.583 bits per heavy atom. The van der Waals surface area contributed by atoms with Gasteiger partial charge < -0.3 is 54.0 Å². The van der Waals surface area contributed by atoms with Crippen LogP contribution in [-0.4, -0.2) is 118 Å². The van der Waals surface area contributed by atoms with E-state index in [1.54, 1.807) is 0 Å². The molecule has 0 radical (unpaired) electrons. The summed E-state index contributed by atoms with van der Waals surface area (Å²) < 4.78 is 32.8. The molecule has 2 rings (SSSR count). The smallest absolute Gasteiger partial charge is 0.306 e. The van der Waals surface area contributed by atoms with E-state index in [-0.39, 0.29) is 6.42 Å². The monoisotopic (exact) mass is 692 g/mol. The second kappa shape index (κ2) is 23.5. The van der Waals surface area contributed by atoms with Crippen molar-refractivity contribution in [2.24, 2.45) is 0 Å². The van der Waals surface area contributed by atoms with E-state index < -0.39 is 92.5 Å². The second-order valence-corrected chi connectivity index (χ2v) is 12.9. The lowest BCUT2D eigenvalue weighted by Crippen LogP contribution is -2.65. The normalized spacial score (nSPS) is 30.5. The summed E-state index contributed by atoms with van der Waals surface area (Å²) in [6.07, 6.45) is 1.58. The average Bonchev–Trinajstić information content (AvgIpc) is 3.04. The Balaban J connectivity index is 1.91. The molecule has 2 fully saturated rings. The summed E-state index contributed by atoms with van der Waals surface area (Å²) in [4.78, 5) is 36.4. The van der Waals surface area contributed by atoms with Crippen LogP contribution in [0.2, 0.25) is 0 Å². The maximum absolute atomic E-state index is 13.0. The number of unbranched alkanes of at least 4 members (excludes halogenated alkanes) is 14. The zero-order valence-electron chi connectivity index (χ0n) is 28.9. The molecule has 14 nitrogen and oxygen atoms in total. The number of hydrogen-bond acceptors (Lipinski definition) is 14. The largest absolute Gasteiger partial charge is 0.463 e. The van der Waals surface area contributed by atoms with E-state index in [2.05, 4.69) is 6.92 Å². The lowest BCUT2D eigenvalue weighted by atomic mass is 9.97. The van der Waals surface area contributed by atoms with Gasteiger partial charge in [-0.3, -0.25) is 14.4 Å². The first-order chi connectivity index (χ1) is 23.0. The maximum atomic E-state index is 13.0. The van der Waals surface area contributed by atoms with E-state index in [4.69, 9.17) is 28.4 Å². The molecular weight excluding hydrogens is 632 g/mol. The molecule has 0 saturated carbocycles. The number of aliphatic hydroxyl groups is 5. The third kappa shape index (κ3) is 14.9. The minimum atomic E-state index is -1.82. The number of ether oxygens (including phenoxy) is 6. The van der Waals surface area contributed by atoms with Gasteiger partial charge in [-0.15, -0.1) is 0 Å². The number of aliphatic hydroxyl groups excluding tert-OH is 5. The van der Waals surface area contributed by atoms with Crippen LogP contribution in [0.4, 0.5) is 0 Å². The van der Waals surface area contributed by atoms with Crippen molar-refractivity contribution < 1.29 is 68.3 Å². The van der Waals surface area contributed by atoms with Gasteiger partial charge in [0.1, 0.15) is 43.2 Å². The lowest BCUT2D eigenvalue weighted by Gasteiger charge is -2.46. The summed E-state index contributed by atoms with van der Waals surface area (Å²) >= 11 is 0. The summed E-state index contributed by atoms with van der Waals surface area (Å²) in [5.74, 6) is -2.18. The van der Waals surface area contributed by atoms with Crippen LogP contribution in [-0.2, 0) is 42.8 Å². The van der Waals surface area contributed by atoms with Crippen molar-refractivity contribution in [3.63, 3.8) is 0 Å². The van der Waals surface area contributed by atoms with E-state index in [0.717, 1.165) is 39.5 Å². The minimum absolute atomic E-state index is 0.0291. The van der Waals surface area contributed by atoms with Crippen molar-refractivity contribution in [2.75, 3.05) is 13.2 Å². The molecular formula is C34H60O14. The lowest BCUT2D eigenvalue weighted by molar-refractivity contribution is -0.377. The average molecular weight is 693 g/mol. The fraction of sp³-hybridized carbons (Fsp3) is 0.912. The third-order valence-electron chi connectivity index (χ3n) is 8.74. The van der Waals surface area contributed by atoms with Gasteiger partial charge in [0, 0.05) is 20.3 Å². The van der Waals surface area contributed by atoms with Crippen molar-refractivity contribution in [1.29, 1.82) is 0 Å². The molecule has 10 atom stereocenters. The van der Waals surface area contributed by atoms with Crippen LogP contribution in [0.3, 0.4) is 0 Å². The van der Waals surface area contributed by atoms with E-state index >= 15 is 0 Å². The van der Waals surface area contributed by atoms with Crippen LogP contribution in [0.25, 0.3) is 0 Å². The molecule has 0 unspecified atom stereocenters. The minimum Gasteiger partial charge on any atom is -0.463 e. The molecule has 2 aliphatic rings. The molecule has 0 amide bonds. The van der Waals surface area contributed by atoms with Gasteiger partial charge in [-0.05, 0) is 6.42 Å². The number of hydrogen-bond donors (Lipinski definition) is 5. The van der Waals surface area contributed by atoms with Crippen LogP contribution >= 0.6 is 0 Å². The maximum Gasteiger partial charge on any atom is 0.306 e. The highest BCUT2D eigenvalue weighted by Crippen LogP contribution is 2.31. The number of carbonyl (C=O) groups is 3. The van der Waals surface area contributed by atoms with Gasteiger partial charge in [-0.2, -0.15) is 0 Å². The zero-order valence-corrected chi connectivity index (χ0v) is 28.9. The van der Waals surface area contributed by atoms with Gasteiger partial charge in [-0.25, -0.2) is 0 Å². The quantitative estimate of drug-likeness (QED) is 0.0593. The first kappa shape index (κ1) is 42.3. The topological polar surface area (TPSA) is 208 Å². The molecule has 0 spiro atoms. The molecule has 2 aliphatic heterocycles. The van der Waals surface area contributed by atoms with E-state index in [1.807, 2.05) is 0 Å². The summed E-state index contributed by atoms with van der Waals surface area (Å²) in [6.45, 7) is 3.25. The van der Waals surface area contributed by atoms with E-state index in [9.17, 15) is 39.9 Å². The Hall–Kier alpha value is -1.91. The summed E-state index contributed by atoms with van der Waals surface area (Å²) in [5.41, 5.74) is 0. The first-order valence-corrected chi connectivity index (χ1v) is 17.8. The van der Waals surface area contributed by atoms with Crippen molar-refractivity contribution in [3.8, 4) is 0 Å². The van der Waals surface area contributed by atoms with Gasteiger partial charge >= 0.3 is 17.9 Å². The van der Waals surface area contributed by atoms with Crippen LogP contribution in [0.5, 0.6) is 0 Å². The standard InChI is InChI=1S/C34H60O14/c1-4-5-6-7-8-9-10-11-12-13-14-15-16-17-18-19-26(38)47-32-31(44-23(3)37)28(40)25(21-43-22(2)36)46-34(32)48-33-30(42)29(41)27(39)24(20-35)45-33/h24-25,27-35,39-42H,4-21H2,1-3H3/t24-,25-,27-,28-,29+,30-,31+,32-,33-,34-/m1/s1. The summed E-state index contributed by atoms with van der Waals surface area (Å²) in [7, 11) is 0. The Morgan fingerprint density at radius 3 is 1.60 bits per heavy atom. The van der Waals surface area contributed by atoms with Crippen molar-refractivity contribution in [1.82, 2.24) is 0 Å². The molecule has 48 heavy (non-hydrogen) atoms. The molecule has 0 aliphatic carbocycles. The van der Waals surface area contributed by atoms with Crippen molar-refractivity contribution >= 4 is 17.9 Å². The Kier molecular flexibility index (Phi) is 20.7. The van der Waals surface area contributed by atoms with Crippen LogP contribution in [0.15, 0.2) is 0 Å². The third-order valence-corrected chi connectivity index (χ3v) is 8.74. The van der Waals surface area contributed by atoms with E-state index in [1.165, 1.54) is 64.2 Å². The van der Waals surface area contributed by atoms with Crippen LogP contribution in [0, 0.1) is 0 Å². The highest BCUT2D eigenvalue weighted by molar-refractivity contribution is 5.70. The Bertz CT molecular complexity index is 916. The number of esters is 3. The predicted octanol–water partition coefficient (Wildman–Crippen LogP) is 2.56. The predicted molar refractivity (Wildman–Crippen MR) is 171 cm³/mol. The van der Waals surface area contributed by atoms with Crippen molar-refractivity contribution in [2.45, 2.75) is 185 Å². The van der Waals surface area contributed by atoms with Gasteiger partial charge in [0.2, 0.25) is 6.29 Å². The van der Waals surface area contributed by atoms with Gasteiger partial charge in [0.25, 0.3) is 0 Å². The van der Waals surface area contributed by atoms with E-state index in [0.29, 0.717) is 6.42 Å². The fourth-order valence-electron chi connectivity index (χ4n) is 5.95. The van der Waals surface area contributed by atoms with Crippen LogP contribution < -0.4 is 0 Å². The number of rotatable bonds is 23. The molecule has 2 heterocycles. The zero-order chi connectivity index (χ0) is 35.5. The van der Waals surface area contributed by atoms with Gasteiger partial charge in [-0.1, -0.05) is 96.8 Å². The molecule has 14 heteroatoms. The fourth-order valence-corrected chi connectivity index (χ4v) is 5.95. The summed E-state index contributed by atoms with van der Waals surface area (Å²) in [6, 6.07) is 0. The highest BCUT2D eigenvalue weighted by Gasteiger charge is 2.53. The van der Waals surface area contributed by atoms with Gasteiger partial charge in [0.05, 0.1) is 6.61 Å². The molecule has 0 aromatic carbocycles. The molecule has 280 valence electrons. The Morgan fingerprint density at radius 2 is 1.10 bits per heavy atom. The van der Waals surface area contributed by atoms with Crippen LogP contribution in [0.1, 0.15) is 124 Å². The second-order valence-electron chi connectivity index (χ2n) is 12.9. The molecule has 2 saturated heterocycles. The molecule has 5 N–H and O–H groups in total. The van der Waals surface area contributed by atoms with Gasteiger partial charge in [0.15, 0.2) is 18.5 Å².